The third kappa shape index (κ3) is 2.71. The summed E-state index contributed by atoms with van der Waals surface area (Å²) in [4.78, 5) is 27.7. The Bertz CT molecular complexity index is 730. The van der Waals surface area contributed by atoms with Gasteiger partial charge in [0.2, 0.25) is 0 Å². The predicted octanol–water partition coefficient (Wildman–Crippen LogP) is 4.00. The monoisotopic (exact) mass is 352 g/mol. The lowest BCUT2D eigenvalue weighted by Crippen LogP contribution is -2.33. The van der Waals surface area contributed by atoms with Crippen molar-refractivity contribution >= 4 is 40.8 Å². The van der Waals surface area contributed by atoms with Gasteiger partial charge in [0.25, 0.3) is 5.91 Å². The van der Waals surface area contributed by atoms with E-state index in [0.717, 1.165) is 17.7 Å². The van der Waals surface area contributed by atoms with Crippen molar-refractivity contribution in [3.05, 3.63) is 46.6 Å². The Morgan fingerprint density at radius 3 is 2.74 bits per heavy atom. The number of benzene rings is 1. The molecular formula is C16H14Cl2N2O3. The first kappa shape index (κ1) is 15.9. The fourth-order valence-corrected chi connectivity index (χ4v) is 3.13. The number of rotatable bonds is 4. The molecule has 2 aliphatic heterocycles. The summed E-state index contributed by atoms with van der Waals surface area (Å²) in [5, 5.41) is 0.514. The summed E-state index contributed by atoms with van der Waals surface area (Å²) >= 11 is 12.3. The number of allylic oxidation sites excluding steroid dienone is 1. The van der Waals surface area contributed by atoms with Crippen LogP contribution in [0.5, 0.6) is 5.75 Å². The molecule has 0 atom stereocenters. The molecule has 120 valence electrons. The Morgan fingerprint density at radius 2 is 2.04 bits per heavy atom. The van der Waals surface area contributed by atoms with Crippen LogP contribution in [-0.2, 0) is 4.79 Å². The summed E-state index contributed by atoms with van der Waals surface area (Å²) < 4.78 is 5.44. The second-order valence-electron chi connectivity index (χ2n) is 5.14. The molecule has 3 amide bonds. The van der Waals surface area contributed by atoms with E-state index in [1.165, 1.54) is 17.0 Å². The quantitative estimate of drug-likeness (QED) is 0.607. The lowest BCUT2D eigenvalue weighted by Gasteiger charge is -2.20. The number of urea groups is 1. The van der Waals surface area contributed by atoms with E-state index >= 15 is 0 Å². The maximum absolute atomic E-state index is 12.6. The highest BCUT2D eigenvalue weighted by Crippen LogP contribution is 2.40. The molecule has 1 fully saturated rings. The first-order valence-electron chi connectivity index (χ1n) is 7.13. The number of nitrogens with zero attached hydrogens (tertiary/aromatic N) is 2. The zero-order chi connectivity index (χ0) is 16.6. The number of ether oxygens (including phenoxy) is 1. The van der Waals surface area contributed by atoms with Crippen molar-refractivity contribution in [2.45, 2.75) is 12.8 Å². The molecule has 0 saturated carbocycles. The number of amides is 3. The molecule has 0 radical (unpaired) electrons. The molecule has 0 bridgehead atoms. The van der Waals surface area contributed by atoms with Gasteiger partial charge >= 0.3 is 6.03 Å². The van der Waals surface area contributed by atoms with E-state index in [0.29, 0.717) is 23.0 Å². The molecule has 1 aromatic carbocycles. The minimum atomic E-state index is -0.403. The van der Waals surface area contributed by atoms with Crippen molar-refractivity contribution in [3.63, 3.8) is 0 Å². The van der Waals surface area contributed by atoms with Gasteiger partial charge in [0.15, 0.2) is 0 Å². The van der Waals surface area contributed by atoms with Crippen LogP contribution in [0.4, 0.5) is 10.5 Å². The Kier molecular flexibility index (Phi) is 4.33. The molecule has 7 heteroatoms. The van der Waals surface area contributed by atoms with Gasteiger partial charge in [0.1, 0.15) is 18.1 Å². The Balaban J connectivity index is 2.02. The minimum Gasteiger partial charge on any atom is -0.488 e. The molecule has 1 saturated heterocycles. The zero-order valence-corrected chi connectivity index (χ0v) is 13.7. The topological polar surface area (TPSA) is 49.9 Å². The summed E-state index contributed by atoms with van der Waals surface area (Å²) in [6, 6.07) is 2.56. The normalized spacial score (nSPS) is 17.2. The summed E-state index contributed by atoms with van der Waals surface area (Å²) in [7, 11) is 0. The lowest BCUT2D eigenvalue weighted by atomic mass is 10.2. The summed E-state index contributed by atoms with van der Waals surface area (Å²) in [5.74, 6) is -0.0426. The molecule has 0 unspecified atom stereocenters. The molecular weight excluding hydrogens is 339 g/mol. The zero-order valence-electron chi connectivity index (χ0n) is 12.2. The Hall–Kier alpha value is -1.98. The highest BCUT2D eigenvalue weighted by atomic mass is 35.5. The van der Waals surface area contributed by atoms with Gasteiger partial charge < -0.3 is 4.74 Å². The van der Waals surface area contributed by atoms with Crippen molar-refractivity contribution in [1.82, 2.24) is 4.90 Å². The number of imide groups is 1. The number of hydrogen-bond acceptors (Lipinski definition) is 3. The first-order valence-corrected chi connectivity index (χ1v) is 7.89. The molecule has 0 spiro atoms. The minimum absolute atomic E-state index is 0.211. The predicted molar refractivity (Wildman–Crippen MR) is 89.1 cm³/mol. The highest BCUT2D eigenvalue weighted by Gasteiger charge is 2.43. The van der Waals surface area contributed by atoms with E-state index in [1.54, 1.807) is 12.2 Å². The smallest absolute Gasteiger partial charge is 0.336 e. The van der Waals surface area contributed by atoms with Crippen molar-refractivity contribution < 1.29 is 14.3 Å². The molecule has 0 aliphatic carbocycles. The van der Waals surface area contributed by atoms with Crippen LogP contribution in [0.1, 0.15) is 12.8 Å². The maximum atomic E-state index is 12.6. The van der Waals surface area contributed by atoms with E-state index in [-0.39, 0.29) is 23.2 Å². The van der Waals surface area contributed by atoms with Gasteiger partial charge in [-0.3, -0.25) is 9.69 Å². The standard InChI is InChI=1S/C16H14Cl2N2O3/c1-2-7-23-14-9-13(10(17)8-11(14)18)20-15(21)12-5-3-4-6-19(12)16(20)22/h2,5,8-9H,1,3-4,6-7H2. The Labute approximate surface area is 143 Å². The molecule has 23 heavy (non-hydrogen) atoms. The van der Waals surface area contributed by atoms with Crippen LogP contribution in [0.15, 0.2) is 36.6 Å². The van der Waals surface area contributed by atoms with Crippen LogP contribution in [0, 0.1) is 0 Å². The lowest BCUT2D eigenvalue weighted by molar-refractivity contribution is -0.114. The molecule has 2 heterocycles. The number of hydrogen-bond donors (Lipinski definition) is 0. The average molecular weight is 353 g/mol. The van der Waals surface area contributed by atoms with Gasteiger partial charge in [-0.2, -0.15) is 0 Å². The molecule has 5 nitrogen and oxygen atoms in total. The van der Waals surface area contributed by atoms with Gasteiger partial charge in [0.05, 0.1) is 15.7 Å². The number of halogens is 2. The second kappa shape index (κ2) is 6.26. The summed E-state index contributed by atoms with van der Waals surface area (Å²) in [6.45, 7) is 4.34. The van der Waals surface area contributed by atoms with E-state index < -0.39 is 6.03 Å². The molecule has 0 aromatic heterocycles. The van der Waals surface area contributed by atoms with Crippen molar-refractivity contribution in [2.75, 3.05) is 18.1 Å². The van der Waals surface area contributed by atoms with E-state index in [4.69, 9.17) is 27.9 Å². The molecule has 0 N–H and O–H groups in total. The molecule has 2 aliphatic rings. The summed E-state index contributed by atoms with van der Waals surface area (Å²) in [5.41, 5.74) is 0.668. The van der Waals surface area contributed by atoms with Crippen molar-refractivity contribution in [3.8, 4) is 5.75 Å². The van der Waals surface area contributed by atoms with E-state index in [1.807, 2.05) is 0 Å². The number of fused-ring (bicyclic) bond motifs is 1. The first-order chi connectivity index (χ1) is 11.0. The van der Waals surface area contributed by atoms with Gasteiger partial charge in [-0.05, 0) is 18.9 Å². The largest absolute Gasteiger partial charge is 0.488 e. The van der Waals surface area contributed by atoms with Gasteiger partial charge in [0, 0.05) is 12.6 Å². The third-order valence-corrected chi connectivity index (χ3v) is 4.26. The average Bonchev–Trinajstić information content (AvgIpc) is 2.79. The second-order valence-corrected chi connectivity index (χ2v) is 5.95. The third-order valence-electron chi connectivity index (χ3n) is 3.66. The molecule has 3 rings (SSSR count). The van der Waals surface area contributed by atoms with Crippen LogP contribution >= 0.6 is 23.2 Å². The fourth-order valence-electron chi connectivity index (χ4n) is 2.60. The number of anilines is 1. The summed E-state index contributed by atoms with van der Waals surface area (Å²) in [6.07, 6.45) is 4.96. The number of carbonyl (C=O) groups excluding carboxylic acids is 2. The van der Waals surface area contributed by atoms with Crippen LogP contribution in [0.25, 0.3) is 0 Å². The van der Waals surface area contributed by atoms with Crippen molar-refractivity contribution in [1.29, 1.82) is 0 Å². The van der Waals surface area contributed by atoms with Gasteiger partial charge in [-0.25, -0.2) is 9.69 Å². The van der Waals surface area contributed by atoms with Gasteiger partial charge in [-0.1, -0.05) is 41.9 Å². The van der Waals surface area contributed by atoms with Crippen LogP contribution in [0.3, 0.4) is 0 Å². The van der Waals surface area contributed by atoms with Crippen LogP contribution in [-0.4, -0.2) is 30.0 Å². The van der Waals surface area contributed by atoms with Crippen molar-refractivity contribution in [2.24, 2.45) is 0 Å². The van der Waals surface area contributed by atoms with Crippen LogP contribution < -0.4 is 9.64 Å². The Morgan fingerprint density at radius 1 is 1.26 bits per heavy atom. The van der Waals surface area contributed by atoms with Crippen LogP contribution in [0.2, 0.25) is 10.0 Å². The maximum Gasteiger partial charge on any atom is 0.336 e. The molecule has 1 aromatic rings. The van der Waals surface area contributed by atoms with Gasteiger partial charge in [-0.15, -0.1) is 0 Å². The highest BCUT2D eigenvalue weighted by molar-refractivity contribution is 6.39. The van der Waals surface area contributed by atoms with E-state index in [9.17, 15) is 9.59 Å². The number of carbonyl (C=O) groups is 2. The van der Waals surface area contributed by atoms with E-state index in [2.05, 4.69) is 6.58 Å². The fraction of sp³-hybridized carbons (Fsp3) is 0.250. The SMILES string of the molecule is C=CCOc1cc(N2C(=O)C3=CCCCN3C2=O)c(Cl)cc1Cl.